The number of halogens is 4. The highest BCUT2D eigenvalue weighted by Gasteiger charge is 2.35. The number of nitrogens with one attached hydrogen (secondary N) is 1. The predicted molar refractivity (Wildman–Crippen MR) is 73.5 cm³/mol. The zero-order valence-corrected chi connectivity index (χ0v) is 12.0. The third-order valence-corrected chi connectivity index (χ3v) is 3.16. The maximum atomic E-state index is 13.6. The second kappa shape index (κ2) is 5.76. The standard InChI is InChI=1S/C15H10F4N2O2/c1-7-3-8(10(6-20)14(22)21-7)9-4-11(15(17,18)19)12(16)5-13(9)23-2/h3-5H,1-2H3,(H,21,22). The fourth-order valence-electron chi connectivity index (χ4n) is 2.16. The van der Waals surface area contributed by atoms with Gasteiger partial charge in [-0.3, -0.25) is 4.79 Å². The molecule has 0 saturated carbocycles. The molecule has 0 aliphatic carbocycles. The third kappa shape index (κ3) is 3.04. The van der Waals surface area contributed by atoms with Crippen molar-refractivity contribution in [2.24, 2.45) is 0 Å². The molecule has 0 aliphatic rings. The number of hydrogen-bond acceptors (Lipinski definition) is 3. The van der Waals surface area contributed by atoms with Crippen molar-refractivity contribution in [3.05, 3.63) is 51.2 Å². The Morgan fingerprint density at radius 1 is 1.22 bits per heavy atom. The van der Waals surface area contributed by atoms with Gasteiger partial charge in [0, 0.05) is 22.9 Å². The molecule has 0 saturated heterocycles. The van der Waals surface area contributed by atoms with Crippen molar-refractivity contribution in [1.29, 1.82) is 5.26 Å². The fourth-order valence-corrected chi connectivity index (χ4v) is 2.16. The lowest BCUT2D eigenvalue weighted by Crippen LogP contribution is -2.14. The van der Waals surface area contributed by atoms with Crippen LogP contribution in [0.4, 0.5) is 17.6 Å². The molecule has 0 fully saturated rings. The number of methoxy groups -OCH3 is 1. The van der Waals surface area contributed by atoms with Crippen molar-refractivity contribution in [1.82, 2.24) is 4.98 Å². The molecule has 1 aromatic heterocycles. The van der Waals surface area contributed by atoms with E-state index >= 15 is 0 Å². The van der Waals surface area contributed by atoms with E-state index in [1.807, 2.05) is 0 Å². The van der Waals surface area contributed by atoms with Crippen molar-refractivity contribution >= 4 is 0 Å². The van der Waals surface area contributed by atoms with E-state index in [0.717, 1.165) is 7.11 Å². The Morgan fingerprint density at radius 2 is 1.87 bits per heavy atom. The number of nitrogens with zero attached hydrogens (tertiary/aromatic N) is 1. The summed E-state index contributed by atoms with van der Waals surface area (Å²) in [6.45, 7) is 1.51. The maximum absolute atomic E-state index is 13.6. The number of nitriles is 1. The van der Waals surface area contributed by atoms with Crippen LogP contribution in [-0.2, 0) is 6.18 Å². The van der Waals surface area contributed by atoms with Gasteiger partial charge < -0.3 is 9.72 Å². The molecule has 0 bridgehead atoms. The molecule has 0 radical (unpaired) electrons. The van der Waals surface area contributed by atoms with Crippen molar-refractivity contribution < 1.29 is 22.3 Å². The Labute approximate surface area is 127 Å². The molecule has 0 amide bonds. The molecule has 2 aromatic rings. The first kappa shape index (κ1) is 16.5. The van der Waals surface area contributed by atoms with E-state index in [4.69, 9.17) is 10.00 Å². The van der Waals surface area contributed by atoms with Crippen molar-refractivity contribution in [2.45, 2.75) is 13.1 Å². The summed E-state index contributed by atoms with van der Waals surface area (Å²) in [5, 5.41) is 9.09. The maximum Gasteiger partial charge on any atom is 0.419 e. The number of hydrogen-bond donors (Lipinski definition) is 1. The lowest BCUT2D eigenvalue weighted by Gasteiger charge is -2.15. The SMILES string of the molecule is COc1cc(F)c(C(F)(F)F)cc1-c1cc(C)[nH]c(=O)c1C#N. The highest BCUT2D eigenvalue weighted by atomic mass is 19.4. The van der Waals surface area contributed by atoms with E-state index < -0.39 is 23.1 Å². The molecule has 120 valence electrons. The Kier molecular flexibility index (Phi) is 4.14. The highest BCUT2D eigenvalue weighted by molar-refractivity contribution is 5.76. The summed E-state index contributed by atoms with van der Waals surface area (Å²) in [5.41, 5.74) is -2.54. The van der Waals surface area contributed by atoms with Crippen LogP contribution in [0.3, 0.4) is 0 Å². The number of H-pyrrole nitrogens is 1. The van der Waals surface area contributed by atoms with Gasteiger partial charge in [-0.05, 0) is 19.1 Å². The molecular formula is C15H10F4N2O2. The van der Waals surface area contributed by atoms with Crippen LogP contribution in [0.2, 0.25) is 0 Å². The molecule has 8 heteroatoms. The van der Waals surface area contributed by atoms with Crippen LogP contribution < -0.4 is 10.3 Å². The van der Waals surface area contributed by atoms with Gasteiger partial charge in [0.05, 0.1) is 12.7 Å². The summed E-state index contributed by atoms with van der Waals surface area (Å²) in [4.78, 5) is 14.2. The van der Waals surface area contributed by atoms with Gasteiger partial charge in [0.15, 0.2) is 0 Å². The lowest BCUT2D eigenvalue weighted by molar-refractivity contribution is -0.139. The van der Waals surface area contributed by atoms with Gasteiger partial charge >= 0.3 is 6.18 Å². The Balaban J connectivity index is 2.89. The number of ether oxygens (including phenoxy) is 1. The molecule has 1 heterocycles. The Morgan fingerprint density at radius 3 is 2.39 bits per heavy atom. The van der Waals surface area contributed by atoms with Crippen LogP contribution in [0.25, 0.3) is 11.1 Å². The van der Waals surface area contributed by atoms with Crippen LogP contribution in [0.5, 0.6) is 5.75 Å². The van der Waals surface area contributed by atoms with Gasteiger partial charge in [0.25, 0.3) is 5.56 Å². The molecule has 1 N–H and O–H groups in total. The van der Waals surface area contributed by atoms with E-state index in [1.54, 1.807) is 6.07 Å². The molecule has 0 aliphatic heterocycles. The number of benzene rings is 1. The number of pyridine rings is 1. The highest BCUT2D eigenvalue weighted by Crippen LogP contribution is 2.39. The average Bonchev–Trinajstić information content (AvgIpc) is 2.44. The number of alkyl halides is 3. The minimum atomic E-state index is -4.92. The Hall–Kier alpha value is -2.82. The van der Waals surface area contributed by atoms with Gasteiger partial charge in [0.2, 0.25) is 0 Å². The van der Waals surface area contributed by atoms with Crippen LogP contribution in [0, 0.1) is 24.1 Å². The Bertz CT molecular complexity index is 863. The predicted octanol–water partition coefficient (Wildman–Crippen LogP) is 3.39. The van der Waals surface area contributed by atoms with Crippen molar-refractivity contribution in [2.75, 3.05) is 7.11 Å². The molecule has 23 heavy (non-hydrogen) atoms. The largest absolute Gasteiger partial charge is 0.496 e. The number of aromatic nitrogens is 1. The lowest BCUT2D eigenvalue weighted by atomic mass is 9.97. The summed E-state index contributed by atoms with van der Waals surface area (Å²) in [5.74, 6) is -1.71. The number of rotatable bonds is 2. The molecular weight excluding hydrogens is 316 g/mol. The van der Waals surface area contributed by atoms with E-state index in [0.29, 0.717) is 17.8 Å². The van der Waals surface area contributed by atoms with Crippen LogP contribution in [0.1, 0.15) is 16.8 Å². The number of aromatic amines is 1. The summed E-state index contributed by atoms with van der Waals surface area (Å²) in [6, 6.07) is 4.08. The summed E-state index contributed by atoms with van der Waals surface area (Å²) in [6.07, 6.45) is -4.92. The molecule has 0 spiro atoms. The number of aryl methyl sites for hydroxylation is 1. The smallest absolute Gasteiger partial charge is 0.419 e. The molecule has 2 rings (SSSR count). The van der Waals surface area contributed by atoms with Gasteiger partial charge in [-0.1, -0.05) is 0 Å². The van der Waals surface area contributed by atoms with Crippen molar-refractivity contribution in [3.8, 4) is 22.9 Å². The van der Waals surface area contributed by atoms with Gasteiger partial charge in [0.1, 0.15) is 23.2 Å². The quantitative estimate of drug-likeness (QED) is 0.860. The average molecular weight is 326 g/mol. The van der Waals surface area contributed by atoms with Crippen LogP contribution in [0.15, 0.2) is 23.0 Å². The van der Waals surface area contributed by atoms with Crippen LogP contribution in [-0.4, -0.2) is 12.1 Å². The molecule has 0 atom stereocenters. The van der Waals surface area contributed by atoms with Crippen LogP contribution >= 0.6 is 0 Å². The van der Waals surface area contributed by atoms with Gasteiger partial charge in [-0.2, -0.15) is 18.4 Å². The molecule has 4 nitrogen and oxygen atoms in total. The van der Waals surface area contributed by atoms with Crippen molar-refractivity contribution in [3.63, 3.8) is 0 Å². The topological polar surface area (TPSA) is 65.9 Å². The third-order valence-electron chi connectivity index (χ3n) is 3.16. The first-order valence-electron chi connectivity index (χ1n) is 6.28. The molecule has 1 aromatic carbocycles. The normalized spacial score (nSPS) is 11.2. The van der Waals surface area contributed by atoms with E-state index in [2.05, 4.69) is 4.98 Å². The monoisotopic (exact) mass is 326 g/mol. The first-order chi connectivity index (χ1) is 10.7. The van der Waals surface area contributed by atoms with Gasteiger partial charge in [-0.25, -0.2) is 4.39 Å². The van der Waals surface area contributed by atoms with Gasteiger partial charge in [-0.15, -0.1) is 0 Å². The first-order valence-corrected chi connectivity index (χ1v) is 6.28. The van der Waals surface area contributed by atoms with E-state index in [-0.39, 0.29) is 22.4 Å². The zero-order chi connectivity index (χ0) is 17.4. The summed E-state index contributed by atoms with van der Waals surface area (Å²) in [7, 11) is 1.15. The second-order valence-electron chi connectivity index (χ2n) is 4.71. The van der Waals surface area contributed by atoms with E-state index in [1.165, 1.54) is 13.0 Å². The fraction of sp³-hybridized carbons (Fsp3) is 0.200. The minimum Gasteiger partial charge on any atom is -0.496 e. The minimum absolute atomic E-state index is 0.0592. The second-order valence-corrected chi connectivity index (χ2v) is 4.71. The summed E-state index contributed by atoms with van der Waals surface area (Å²) < 4.78 is 57.3. The summed E-state index contributed by atoms with van der Waals surface area (Å²) >= 11 is 0. The molecule has 0 unspecified atom stereocenters. The zero-order valence-electron chi connectivity index (χ0n) is 12.0. The van der Waals surface area contributed by atoms with E-state index in [9.17, 15) is 22.4 Å².